The Balaban J connectivity index is 1.52. The standard InChI is InChI=1S/C21H28N4O3S/c1-14(28-17-7-5-6-16(12-17)21(2,3)4)19(27)25-10-8-15(9-11-25)18(26)23-20-24-22-13-29-20/h5-7,12-15H,8-11H2,1-4H3,(H,23,24,26). The highest BCUT2D eigenvalue weighted by Crippen LogP contribution is 2.27. The summed E-state index contributed by atoms with van der Waals surface area (Å²) in [5, 5.41) is 10.8. The average Bonchev–Trinajstić information content (AvgIpc) is 3.20. The van der Waals surface area contributed by atoms with Crippen molar-refractivity contribution in [3.05, 3.63) is 35.3 Å². The Morgan fingerprint density at radius 3 is 2.62 bits per heavy atom. The molecule has 2 heterocycles. The molecular formula is C21H28N4O3S. The maximum absolute atomic E-state index is 12.8. The number of rotatable bonds is 5. The van der Waals surface area contributed by atoms with Gasteiger partial charge in [-0.15, -0.1) is 10.2 Å². The van der Waals surface area contributed by atoms with Crippen molar-refractivity contribution in [2.75, 3.05) is 18.4 Å². The van der Waals surface area contributed by atoms with Crippen molar-refractivity contribution in [3.63, 3.8) is 0 Å². The minimum Gasteiger partial charge on any atom is -0.481 e. The first-order valence-corrected chi connectivity index (χ1v) is 10.7. The molecule has 1 aliphatic rings. The quantitative estimate of drug-likeness (QED) is 0.807. The van der Waals surface area contributed by atoms with E-state index in [-0.39, 0.29) is 23.1 Å². The number of piperidine rings is 1. The Morgan fingerprint density at radius 1 is 1.28 bits per heavy atom. The first-order chi connectivity index (χ1) is 13.7. The number of ether oxygens (including phenoxy) is 1. The summed E-state index contributed by atoms with van der Waals surface area (Å²) in [4.78, 5) is 26.9. The Hall–Kier alpha value is -2.48. The van der Waals surface area contributed by atoms with E-state index in [1.807, 2.05) is 18.2 Å². The maximum atomic E-state index is 12.8. The van der Waals surface area contributed by atoms with Gasteiger partial charge in [0.1, 0.15) is 11.3 Å². The Labute approximate surface area is 175 Å². The van der Waals surface area contributed by atoms with Crippen LogP contribution >= 0.6 is 11.3 Å². The summed E-state index contributed by atoms with van der Waals surface area (Å²) in [5.41, 5.74) is 2.76. The lowest BCUT2D eigenvalue weighted by Crippen LogP contribution is -2.46. The van der Waals surface area contributed by atoms with Crippen molar-refractivity contribution in [1.29, 1.82) is 0 Å². The number of nitrogens with one attached hydrogen (secondary N) is 1. The van der Waals surface area contributed by atoms with Crippen LogP contribution in [-0.2, 0) is 15.0 Å². The Bertz CT molecular complexity index is 840. The molecule has 1 aromatic carbocycles. The number of nitrogens with zero attached hydrogens (tertiary/aromatic N) is 3. The second-order valence-corrected chi connectivity index (χ2v) is 9.20. The molecule has 1 unspecified atom stereocenters. The molecule has 1 aliphatic heterocycles. The molecule has 1 aromatic heterocycles. The van der Waals surface area contributed by atoms with E-state index in [0.29, 0.717) is 36.8 Å². The Kier molecular flexibility index (Phi) is 6.52. The summed E-state index contributed by atoms with van der Waals surface area (Å²) in [7, 11) is 0. The van der Waals surface area contributed by atoms with Crippen LogP contribution in [0.5, 0.6) is 5.75 Å². The minimum absolute atomic E-state index is 0.0176. The van der Waals surface area contributed by atoms with Gasteiger partial charge in [-0.3, -0.25) is 9.59 Å². The average molecular weight is 417 g/mol. The second kappa shape index (κ2) is 8.90. The van der Waals surface area contributed by atoms with Crippen LogP contribution < -0.4 is 10.1 Å². The lowest BCUT2D eigenvalue weighted by molar-refractivity contribution is -0.140. The van der Waals surface area contributed by atoms with Crippen molar-refractivity contribution in [1.82, 2.24) is 15.1 Å². The zero-order valence-electron chi connectivity index (χ0n) is 17.3. The molecule has 0 spiro atoms. The van der Waals surface area contributed by atoms with Crippen LogP contribution in [0.4, 0.5) is 5.13 Å². The lowest BCUT2D eigenvalue weighted by atomic mass is 9.87. The van der Waals surface area contributed by atoms with Gasteiger partial charge in [-0.25, -0.2) is 0 Å². The van der Waals surface area contributed by atoms with Crippen LogP contribution in [0.25, 0.3) is 0 Å². The molecule has 1 saturated heterocycles. The van der Waals surface area contributed by atoms with Gasteiger partial charge in [0, 0.05) is 19.0 Å². The molecular weight excluding hydrogens is 388 g/mol. The van der Waals surface area contributed by atoms with Crippen LogP contribution in [0, 0.1) is 5.92 Å². The zero-order chi connectivity index (χ0) is 21.0. The zero-order valence-corrected chi connectivity index (χ0v) is 18.2. The van der Waals surface area contributed by atoms with Crippen LogP contribution in [0.3, 0.4) is 0 Å². The predicted molar refractivity (Wildman–Crippen MR) is 113 cm³/mol. The van der Waals surface area contributed by atoms with Crippen molar-refractivity contribution in [3.8, 4) is 5.75 Å². The molecule has 0 aliphatic carbocycles. The SMILES string of the molecule is CC(Oc1cccc(C(C)(C)C)c1)C(=O)N1CCC(C(=O)Nc2nncs2)CC1. The highest BCUT2D eigenvalue weighted by Gasteiger charge is 2.30. The molecule has 1 atom stereocenters. The van der Waals surface area contributed by atoms with Gasteiger partial charge in [0.15, 0.2) is 6.10 Å². The van der Waals surface area contributed by atoms with Crippen LogP contribution in [0.15, 0.2) is 29.8 Å². The van der Waals surface area contributed by atoms with Gasteiger partial charge < -0.3 is 15.0 Å². The fourth-order valence-electron chi connectivity index (χ4n) is 3.34. The number of likely N-dealkylation sites (tertiary alicyclic amines) is 1. The summed E-state index contributed by atoms with van der Waals surface area (Å²) in [6.07, 6.45) is 0.683. The molecule has 29 heavy (non-hydrogen) atoms. The third kappa shape index (κ3) is 5.53. The molecule has 2 amide bonds. The number of carbonyl (C=O) groups is 2. The monoisotopic (exact) mass is 416 g/mol. The van der Waals surface area contributed by atoms with E-state index in [2.05, 4.69) is 42.4 Å². The molecule has 0 saturated carbocycles. The fraction of sp³-hybridized carbons (Fsp3) is 0.524. The number of hydrogen-bond donors (Lipinski definition) is 1. The van der Waals surface area contributed by atoms with Crippen LogP contribution in [-0.4, -0.2) is 46.1 Å². The van der Waals surface area contributed by atoms with E-state index in [1.165, 1.54) is 11.3 Å². The molecule has 8 heteroatoms. The molecule has 0 bridgehead atoms. The maximum Gasteiger partial charge on any atom is 0.263 e. The third-order valence-corrected chi connectivity index (χ3v) is 5.73. The van der Waals surface area contributed by atoms with Crippen LogP contribution in [0.1, 0.15) is 46.1 Å². The summed E-state index contributed by atoms with van der Waals surface area (Å²) in [5.74, 6) is 0.471. The largest absolute Gasteiger partial charge is 0.481 e. The molecule has 7 nitrogen and oxygen atoms in total. The summed E-state index contributed by atoms with van der Waals surface area (Å²) in [6.45, 7) is 9.30. The molecule has 0 radical (unpaired) electrons. The van der Waals surface area contributed by atoms with Crippen molar-refractivity contribution in [2.24, 2.45) is 5.92 Å². The number of amides is 2. The van der Waals surface area contributed by atoms with E-state index >= 15 is 0 Å². The van der Waals surface area contributed by atoms with Gasteiger partial charge in [-0.2, -0.15) is 0 Å². The summed E-state index contributed by atoms with van der Waals surface area (Å²) < 4.78 is 5.93. The predicted octanol–water partition coefficient (Wildman–Crippen LogP) is 3.48. The van der Waals surface area contributed by atoms with E-state index in [0.717, 1.165) is 5.56 Å². The van der Waals surface area contributed by atoms with Crippen LogP contribution in [0.2, 0.25) is 0 Å². The smallest absolute Gasteiger partial charge is 0.263 e. The van der Waals surface area contributed by atoms with Crippen molar-refractivity contribution >= 4 is 28.3 Å². The first kappa shape index (κ1) is 21.2. The number of anilines is 1. The molecule has 156 valence electrons. The number of aromatic nitrogens is 2. The van der Waals surface area contributed by atoms with Crippen molar-refractivity contribution in [2.45, 2.75) is 52.1 Å². The van der Waals surface area contributed by atoms with Gasteiger partial charge in [0.05, 0.1) is 0 Å². The minimum atomic E-state index is -0.572. The normalized spacial score (nSPS) is 16.3. The fourth-order valence-corrected chi connectivity index (χ4v) is 3.79. The molecule has 3 rings (SSSR count). The molecule has 2 aromatic rings. The number of benzene rings is 1. The van der Waals surface area contributed by atoms with E-state index < -0.39 is 6.10 Å². The van der Waals surface area contributed by atoms with Gasteiger partial charge in [0.25, 0.3) is 5.91 Å². The molecule has 1 fully saturated rings. The topological polar surface area (TPSA) is 84.4 Å². The van der Waals surface area contributed by atoms with E-state index in [4.69, 9.17) is 4.74 Å². The van der Waals surface area contributed by atoms with Gasteiger partial charge in [-0.1, -0.05) is 44.2 Å². The Morgan fingerprint density at radius 2 is 2.00 bits per heavy atom. The van der Waals surface area contributed by atoms with E-state index in [9.17, 15) is 9.59 Å². The second-order valence-electron chi connectivity index (χ2n) is 8.37. The highest BCUT2D eigenvalue weighted by atomic mass is 32.1. The number of carbonyl (C=O) groups excluding carboxylic acids is 2. The van der Waals surface area contributed by atoms with Crippen molar-refractivity contribution < 1.29 is 14.3 Å². The lowest BCUT2D eigenvalue weighted by Gasteiger charge is -2.33. The van der Waals surface area contributed by atoms with Gasteiger partial charge in [0.2, 0.25) is 11.0 Å². The number of hydrogen-bond acceptors (Lipinski definition) is 6. The molecule has 1 N–H and O–H groups in total. The highest BCUT2D eigenvalue weighted by molar-refractivity contribution is 7.13. The third-order valence-electron chi connectivity index (χ3n) is 5.13. The van der Waals surface area contributed by atoms with Gasteiger partial charge >= 0.3 is 0 Å². The summed E-state index contributed by atoms with van der Waals surface area (Å²) in [6, 6.07) is 7.89. The first-order valence-electron chi connectivity index (χ1n) is 9.87. The van der Waals surface area contributed by atoms with E-state index in [1.54, 1.807) is 17.3 Å². The van der Waals surface area contributed by atoms with Gasteiger partial charge in [-0.05, 0) is 42.9 Å². The summed E-state index contributed by atoms with van der Waals surface area (Å²) >= 11 is 1.29.